The fraction of sp³-hybridized carbons (Fsp3) is 0.500. The van der Waals surface area contributed by atoms with Crippen LogP contribution in [-0.4, -0.2) is 17.8 Å². The van der Waals surface area contributed by atoms with Gasteiger partial charge in [0.15, 0.2) is 0 Å². The molecule has 1 aromatic carbocycles. The van der Waals surface area contributed by atoms with E-state index >= 15 is 0 Å². The number of aryl methyl sites for hydroxylation is 2. The highest BCUT2D eigenvalue weighted by molar-refractivity contribution is 5.86. The summed E-state index contributed by atoms with van der Waals surface area (Å²) in [4.78, 5) is 0. The first-order chi connectivity index (χ1) is 9.19. The molecule has 0 aliphatic rings. The molecular weight excluding hydrogens is 236 g/mol. The maximum Gasteiger partial charge on any atom is 0.0485 e. The highest BCUT2D eigenvalue weighted by Crippen LogP contribution is 2.26. The Balaban J connectivity index is 2.30. The lowest BCUT2D eigenvalue weighted by molar-refractivity contribution is 0.142. The fourth-order valence-electron chi connectivity index (χ4n) is 2.58. The molecule has 0 aliphatic heterocycles. The Morgan fingerprint density at radius 3 is 2.74 bits per heavy atom. The van der Waals surface area contributed by atoms with E-state index in [0.717, 1.165) is 26.2 Å². The van der Waals surface area contributed by atoms with Crippen LogP contribution in [-0.2, 0) is 17.8 Å². The molecule has 0 saturated carbocycles. The first-order valence-electron chi connectivity index (χ1n) is 7.05. The summed E-state index contributed by atoms with van der Waals surface area (Å²) in [6, 6.07) is 6.54. The molecule has 0 atom stereocenters. The van der Waals surface area contributed by atoms with E-state index < -0.39 is 0 Å². The largest absolute Gasteiger partial charge is 0.382 e. The summed E-state index contributed by atoms with van der Waals surface area (Å²) in [7, 11) is 0. The van der Waals surface area contributed by atoms with Gasteiger partial charge in [-0.05, 0) is 50.5 Å². The molecule has 0 bridgehead atoms. The van der Waals surface area contributed by atoms with Crippen molar-refractivity contribution >= 4 is 10.9 Å². The topological polar surface area (TPSA) is 40.2 Å². The molecule has 19 heavy (non-hydrogen) atoms. The smallest absolute Gasteiger partial charge is 0.0485 e. The molecule has 3 nitrogen and oxygen atoms in total. The average Bonchev–Trinajstić information content (AvgIpc) is 2.67. The van der Waals surface area contributed by atoms with Crippen molar-refractivity contribution in [1.29, 1.82) is 0 Å². The molecule has 0 fully saturated rings. The summed E-state index contributed by atoms with van der Waals surface area (Å²) < 4.78 is 7.81. The number of hydrogen-bond acceptors (Lipinski definition) is 2. The number of hydrogen-bond donors (Lipinski definition) is 1. The van der Waals surface area contributed by atoms with Gasteiger partial charge in [-0.25, -0.2) is 0 Å². The van der Waals surface area contributed by atoms with E-state index in [9.17, 15) is 0 Å². The van der Waals surface area contributed by atoms with Crippen molar-refractivity contribution in [2.45, 2.75) is 40.3 Å². The van der Waals surface area contributed by atoms with E-state index in [1.54, 1.807) is 0 Å². The second kappa shape index (κ2) is 6.22. The third-order valence-corrected chi connectivity index (χ3v) is 3.81. The minimum Gasteiger partial charge on any atom is -0.382 e. The molecule has 2 rings (SSSR count). The molecular formula is C16H24N2O. The van der Waals surface area contributed by atoms with E-state index in [2.05, 4.69) is 36.6 Å². The van der Waals surface area contributed by atoms with Crippen molar-refractivity contribution in [3.63, 3.8) is 0 Å². The van der Waals surface area contributed by atoms with E-state index in [-0.39, 0.29) is 0 Å². The van der Waals surface area contributed by atoms with Crippen molar-refractivity contribution in [1.82, 2.24) is 4.57 Å². The molecule has 0 amide bonds. The number of fused-ring (bicyclic) bond motifs is 1. The zero-order valence-electron chi connectivity index (χ0n) is 12.2. The van der Waals surface area contributed by atoms with Crippen LogP contribution >= 0.6 is 0 Å². The van der Waals surface area contributed by atoms with Crippen LogP contribution in [0.3, 0.4) is 0 Å². The van der Waals surface area contributed by atoms with Gasteiger partial charge in [0.2, 0.25) is 0 Å². The lowest BCUT2D eigenvalue weighted by Crippen LogP contribution is -2.04. The first-order valence-corrected chi connectivity index (χ1v) is 7.05. The highest BCUT2D eigenvalue weighted by atomic mass is 16.5. The van der Waals surface area contributed by atoms with E-state index in [1.807, 2.05) is 6.92 Å². The SMILES string of the molecule is CCOCCCn1c(C)c(C)c2cc(CN)ccc21. The number of aromatic nitrogens is 1. The number of rotatable bonds is 6. The lowest BCUT2D eigenvalue weighted by atomic mass is 10.1. The Morgan fingerprint density at radius 1 is 1.26 bits per heavy atom. The quantitative estimate of drug-likeness (QED) is 0.811. The Hall–Kier alpha value is -1.32. The van der Waals surface area contributed by atoms with Crippen LogP contribution in [0.15, 0.2) is 18.2 Å². The highest BCUT2D eigenvalue weighted by Gasteiger charge is 2.10. The summed E-state index contributed by atoms with van der Waals surface area (Å²) in [6.07, 6.45) is 1.05. The van der Waals surface area contributed by atoms with Crippen molar-refractivity contribution in [2.24, 2.45) is 5.73 Å². The van der Waals surface area contributed by atoms with Gasteiger partial charge in [0, 0.05) is 42.9 Å². The summed E-state index contributed by atoms with van der Waals surface area (Å²) in [5, 5.41) is 1.33. The Labute approximate surface area is 115 Å². The number of nitrogens with two attached hydrogens (primary N) is 1. The maximum absolute atomic E-state index is 5.73. The summed E-state index contributed by atoms with van der Waals surface area (Å²) in [6.45, 7) is 9.66. The predicted molar refractivity (Wildman–Crippen MR) is 80.4 cm³/mol. The monoisotopic (exact) mass is 260 g/mol. The molecule has 2 aromatic rings. The van der Waals surface area contributed by atoms with Gasteiger partial charge in [-0.15, -0.1) is 0 Å². The van der Waals surface area contributed by atoms with Crippen molar-refractivity contribution < 1.29 is 4.74 Å². The molecule has 0 aliphatic carbocycles. The van der Waals surface area contributed by atoms with Crippen LogP contribution in [0.2, 0.25) is 0 Å². The number of ether oxygens (including phenoxy) is 1. The van der Waals surface area contributed by atoms with Gasteiger partial charge < -0.3 is 15.0 Å². The molecule has 0 spiro atoms. The van der Waals surface area contributed by atoms with Crippen molar-refractivity contribution in [2.75, 3.05) is 13.2 Å². The molecule has 3 heteroatoms. The third kappa shape index (κ3) is 2.82. The van der Waals surface area contributed by atoms with Crippen LogP contribution in [0, 0.1) is 13.8 Å². The Kier molecular flexibility index (Phi) is 4.61. The Bertz CT molecular complexity index is 557. The van der Waals surface area contributed by atoms with E-state index in [4.69, 9.17) is 10.5 Å². The normalized spacial score (nSPS) is 11.4. The number of benzene rings is 1. The zero-order chi connectivity index (χ0) is 13.8. The standard InChI is InChI=1S/C16H24N2O/c1-4-19-9-5-8-18-13(3)12(2)15-10-14(11-17)6-7-16(15)18/h6-7,10H,4-5,8-9,11,17H2,1-3H3. The average molecular weight is 260 g/mol. The van der Waals surface area contributed by atoms with Crippen molar-refractivity contribution in [3.05, 3.63) is 35.0 Å². The van der Waals surface area contributed by atoms with Gasteiger partial charge in [0.05, 0.1) is 0 Å². The van der Waals surface area contributed by atoms with Crippen LogP contribution in [0.25, 0.3) is 10.9 Å². The van der Waals surface area contributed by atoms with Gasteiger partial charge in [0.1, 0.15) is 0 Å². The lowest BCUT2D eigenvalue weighted by Gasteiger charge is -2.08. The molecule has 2 N–H and O–H groups in total. The first kappa shape index (κ1) is 14.1. The third-order valence-electron chi connectivity index (χ3n) is 3.81. The van der Waals surface area contributed by atoms with Gasteiger partial charge in [-0.3, -0.25) is 0 Å². The van der Waals surface area contributed by atoms with Gasteiger partial charge in [-0.1, -0.05) is 6.07 Å². The summed E-state index contributed by atoms with van der Waals surface area (Å²) in [5.41, 5.74) is 10.9. The van der Waals surface area contributed by atoms with E-state index in [0.29, 0.717) is 6.54 Å². The van der Waals surface area contributed by atoms with Gasteiger partial charge in [-0.2, -0.15) is 0 Å². The van der Waals surface area contributed by atoms with Crippen LogP contribution in [0.5, 0.6) is 0 Å². The molecule has 0 unspecified atom stereocenters. The predicted octanol–water partition coefficient (Wildman–Crippen LogP) is 3.14. The minimum atomic E-state index is 0.601. The molecule has 0 saturated heterocycles. The van der Waals surface area contributed by atoms with Gasteiger partial charge in [0.25, 0.3) is 0 Å². The van der Waals surface area contributed by atoms with Crippen LogP contribution in [0.4, 0.5) is 0 Å². The molecule has 1 heterocycles. The Morgan fingerprint density at radius 2 is 2.05 bits per heavy atom. The van der Waals surface area contributed by atoms with Crippen molar-refractivity contribution in [3.8, 4) is 0 Å². The fourth-order valence-corrected chi connectivity index (χ4v) is 2.58. The second-order valence-corrected chi connectivity index (χ2v) is 4.97. The van der Waals surface area contributed by atoms with Gasteiger partial charge >= 0.3 is 0 Å². The second-order valence-electron chi connectivity index (χ2n) is 4.97. The maximum atomic E-state index is 5.73. The van der Waals surface area contributed by atoms with E-state index in [1.165, 1.54) is 27.7 Å². The number of nitrogens with zero attached hydrogens (tertiary/aromatic N) is 1. The minimum absolute atomic E-state index is 0.601. The van der Waals surface area contributed by atoms with Crippen LogP contribution in [0.1, 0.15) is 30.2 Å². The molecule has 0 radical (unpaired) electrons. The molecule has 104 valence electrons. The summed E-state index contributed by atoms with van der Waals surface area (Å²) in [5.74, 6) is 0. The van der Waals surface area contributed by atoms with Crippen LogP contribution < -0.4 is 5.73 Å². The zero-order valence-corrected chi connectivity index (χ0v) is 12.2. The summed E-state index contributed by atoms with van der Waals surface area (Å²) >= 11 is 0. The molecule has 1 aromatic heterocycles.